The second-order valence-electron chi connectivity index (χ2n) is 14.0. The van der Waals surface area contributed by atoms with Crippen molar-refractivity contribution in [2.75, 3.05) is 19.8 Å². The van der Waals surface area contributed by atoms with E-state index in [1.54, 1.807) is 0 Å². The number of carbonyl (C=O) groups excluding carboxylic acids is 3. The lowest BCUT2D eigenvalue weighted by Gasteiger charge is -2.22. The Morgan fingerprint density at radius 3 is 1.81 bits per heavy atom. The van der Waals surface area contributed by atoms with Gasteiger partial charge in [-0.1, -0.05) is 24.3 Å². The zero-order valence-corrected chi connectivity index (χ0v) is 26.6. The molecule has 4 aliphatic rings. The lowest BCUT2D eigenvalue weighted by molar-refractivity contribution is -0.153. The molecule has 0 saturated heterocycles. The van der Waals surface area contributed by atoms with Gasteiger partial charge in [0.05, 0.1) is 31.2 Å². The summed E-state index contributed by atoms with van der Waals surface area (Å²) >= 11 is 0. The molecule has 2 fully saturated rings. The zero-order chi connectivity index (χ0) is 30.6. The van der Waals surface area contributed by atoms with Crippen LogP contribution in [0, 0.1) is 47.3 Å². The molecule has 0 aromatic rings. The predicted molar refractivity (Wildman–Crippen MR) is 166 cm³/mol. The SMILES string of the molecule is CC(C)OC(=O)C(CCCOC(=O)CCCCOC(=O)C(CCCO)CCC1CC2C=CC1C2)CCC1CC2C=CC1C2. The molecule has 0 spiro atoms. The van der Waals surface area contributed by atoms with Gasteiger partial charge in [-0.2, -0.15) is 0 Å². The van der Waals surface area contributed by atoms with Gasteiger partial charge in [0.1, 0.15) is 0 Å². The van der Waals surface area contributed by atoms with Crippen LogP contribution in [0.3, 0.4) is 0 Å². The highest BCUT2D eigenvalue weighted by Gasteiger charge is 2.37. The molecule has 7 heteroatoms. The Morgan fingerprint density at radius 1 is 0.698 bits per heavy atom. The van der Waals surface area contributed by atoms with Crippen LogP contribution in [-0.4, -0.2) is 48.9 Å². The lowest BCUT2D eigenvalue weighted by atomic mass is 9.85. The van der Waals surface area contributed by atoms with Crippen LogP contribution in [0.15, 0.2) is 24.3 Å². The topological polar surface area (TPSA) is 99.1 Å². The van der Waals surface area contributed by atoms with E-state index in [4.69, 9.17) is 14.2 Å². The van der Waals surface area contributed by atoms with Crippen LogP contribution in [0.1, 0.15) is 110 Å². The molecule has 4 bridgehead atoms. The Bertz CT molecular complexity index is 955. The number of rotatable bonds is 21. The van der Waals surface area contributed by atoms with Crippen LogP contribution in [0.2, 0.25) is 0 Å². The molecule has 8 atom stereocenters. The van der Waals surface area contributed by atoms with Crippen molar-refractivity contribution in [3.8, 4) is 0 Å². The van der Waals surface area contributed by atoms with Gasteiger partial charge in [-0.05, 0) is 139 Å². The van der Waals surface area contributed by atoms with Crippen LogP contribution in [0.5, 0.6) is 0 Å². The molecular weight excluding hydrogens is 544 g/mol. The van der Waals surface area contributed by atoms with Gasteiger partial charge in [-0.25, -0.2) is 0 Å². The standard InChI is InChI=1S/C36H56O7/c1-25(2)43-36(40)29(15-17-33-24-27-11-13-31(33)22-27)8-6-20-41-34(38)9-3-4-19-42-35(39)28(7-5-18-37)14-16-32-23-26-10-12-30(32)21-26/h10-13,25-33,37H,3-9,14-24H2,1-2H3. The first-order valence-corrected chi connectivity index (χ1v) is 17.3. The summed E-state index contributed by atoms with van der Waals surface area (Å²) in [6.07, 6.45) is 22.1. The number of esters is 3. The monoisotopic (exact) mass is 600 g/mol. The molecule has 0 radical (unpaired) electrons. The number of hydrogen-bond donors (Lipinski definition) is 1. The highest BCUT2D eigenvalue weighted by Crippen LogP contribution is 2.47. The van der Waals surface area contributed by atoms with Gasteiger partial charge in [0, 0.05) is 13.0 Å². The molecule has 242 valence electrons. The molecule has 4 aliphatic carbocycles. The van der Waals surface area contributed by atoms with Crippen molar-refractivity contribution in [2.45, 2.75) is 116 Å². The minimum absolute atomic E-state index is 0.0878. The van der Waals surface area contributed by atoms with Crippen molar-refractivity contribution in [2.24, 2.45) is 47.3 Å². The van der Waals surface area contributed by atoms with E-state index in [-0.39, 0.29) is 42.5 Å². The molecule has 43 heavy (non-hydrogen) atoms. The molecule has 0 amide bonds. The van der Waals surface area contributed by atoms with Gasteiger partial charge in [-0.3, -0.25) is 14.4 Å². The fourth-order valence-corrected chi connectivity index (χ4v) is 7.96. The summed E-state index contributed by atoms with van der Waals surface area (Å²) in [6, 6.07) is 0. The summed E-state index contributed by atoms with van der Waals surface area (Å²) in [5, 5.41) is 9.28. The Balaban J connectivity index is 1.06. The third-order valence-corrected chi connectivity index (χ3v) is 10.3. The van der Waals surface area contributed by atoms with Crippen molar-refractivity contribution >= 4 is 17.9 Å². The molecule has 4 rings (SSSR count). The molecule has 7 nitrogen and oxygen atoms in total. The maximum atomic E-state index is 12.8. The number of aliphatic hydroxyl groups excluding tert-OH is 1. The summed E-state index contributed by atoms with van der Waals surface area (Å²) in [6.45, 7) is 4.46. The quantitative estimate of drug-likeness (QED) is 0.0658. The van der Waals surface area contributed by atoms with Crippen molar-refractivity contribution in [3.05, 3.63) is 24.3 Å². The summed E-state index contributed by atoms with van der Waals surface area (Å²) < 4.78 is 16.6. The van der Waals surface area contributed by atoms with E-state index in [9.17, 15) is 19.5 Å². The highest BCUT2D eigenvalue weighted by molar-refractivity contribution is 5.73. The average Bonchev–Trinajstić information content (AvgIpc) is 3.79. The van der Waals surface area contributed by atoms with E-state index in [1.165, 1.54) is 25.7 Å². The van der Waals surface area contributed by atoms with Gasteiger partial charge in [0.2, 0.25) is 0 Å². The largest absolute Gasteiger partial charge is 0.466 e. The molecular formula is C36H56O7. The molecule has 1 N–H and O–H groups in total. The molecule has 0 aromatic heterocycles. The first-order valence-electron chi connectivity index (χ1n) is 17.3. The van der Waals surface area contributed by atoms with Crippen molar-refractivity contribution in [1.29, 1.82) is 0 Å². The summed E-state index contributed by atoms with van der Waals surface area (Å²) in [5.74, 6) is 3.32. The Labute approximate surface area is 259 Å². The smallest absolute Gasteiger partial charge is 0.309 e. The van der Waals surface area contributed by atoms with Crippen LogP contribution < -0.4 is 0 Å². The number of aliphatic hydroxyl groups is 1. The number of hydrogen-bond acceptors (Lipinski definition) is 7. The molecule has 8 unspecified atom stereocenters. The summed E-state index contributed by atoms with van der Waals surface area (Å²) in [7, 11) is 0. The van der Waals surface area contributed by atoms with Gasteiger partial charge in [0.25, 0.3) is 0 Å². The first-order chi connectivity index (χ1) is 20.8. The normalized spacial score (nSPS) is 28.0. The number of fused-ring (bicyclic) bond motifs is 4. The van der Waals surface area contributed by atoms with Gasteiger partial charge in [-0.15, -0.1) is 0 Å². The fraction of sp³-hybridized carbons (Fsp3) is 0.806. The third kappa shape index (κ3) is 10.8. The zero-order valence-electron chi connectivity index (χ0n) is 26.6. The fourth-order valence-electron chi connectivity index (χ4n) is 7.96. The van der Waals surface area contributed by atoms with Crippen LogP contribution in [0.4, 0.5) is 0 Å². The number of allylic oxidation sites excluding steroid dienone is 4. The van der Waals surface area contributed by atoms with E-state index in [0.29, 0.717) is 81.8 Å². The maximum absolute atomic E-state index is 12.8. The second-order valence-corrected chi connectivity index (χ2v) is 14.0. The van der Waals surface area contributed by atoms with E-state index < -0.39 is 0 Å². The van der Waals surface area contributed by atoms with Gasteiger partial charge < -0.3 is 19.3 Å². The van der Waals surface area contributed by atoms with E-state index in [2.05, 4.69) is 24.3 Å². The minimum atomic E-state index is -0.248. The van der Waals surface area contributed by atoms with Crippen molar-refractivity contribution in [1.82, 2.24) is 0 Å². The summed E-state index contributed by atoms with van der Waals surface area (Å²) in [4.78, 5) is 37.7. The Hall–Kier alpha value is -2.15. The van der Waals surface area contributed by atoms with Crippen LogP contribution in [0.25, 0.3) is 0 Å². The number of carbonyl (C=O) groups is 3. The van der Waals surface area contributed by atoms with E-state index >= 15 is 0 Å². The summed E-state index contributed by atoms with van der Waals surface area (Å²) in [5.41, 5.74) is 0. The van der Waals surface area contributed by atoms with E-state index in [1.807, 2.05) is 13.8 Å². The Kier molecular flexibility index (Phi) is 13.6. The third-order valence-electron chi connectivity index (χ3n) is 10.3. The van der Waals surface area contributed by atoms with Crippen LogP contribution in [-0.2, 0) is 28.6 Å². The highest BCUT2D eigenvalue weighted by atomic mass is 16.5. The first kappa shape index (κ1) is 33.7. The van der Waals surface area contributed by atoms with Crippen molar-refractivity contribution < 1.29 is 33.7 Å². The maximum Gasteiger partial charge on any atom is 0.309 e. The second kappa shape index (κ2) is 17.4. The molecule has 0 aromatic carbocycles. The minimum Gasteiger partial charge on any atom is -0.466 e. The van der Waals surface area contributed by atoms with Crippen LogP contribution >= 0.6 is 0 Å². The number of unbranched alkanes of at least 4 members (excludes halogenated alkanes) is 1. The lowest BCUT2D eigenvalue weighted by Crippen LogP contribution is -2.23. The molecule has 0 heterocycles. The number of ether oxygens (including phenoxy) is 3. The predicted octanol–water partition coefficient (Wildman–Crippen LogP) is 6.96. The van der Waals surface area contributed by atoms with Crippen molar-refractivity contribution in [3.63, 3.8) is 0 Å². The molecule has 0 aliphatic heterocycles. The average molecular weight is 601 g/mol. The van der Waals surface area contributed by atoms with Gasteiger partial charge in [0.15, 0.2) is 0 Å². The Morgan fingerprint density at radius 2 is 1.28 bits per heavy atom. The van der Waals surface area contributed by atoms with Gasteiger partial charge >= 0.3 is 17.9 Å². The van der Waals surface area contributed by atoms with E-state index in [0.717, 1.165) is 37.5 Å². The molecule has 2 saturated carbocycles.